The Labute approximate surface area is 164 Å². The van der Waals surface area contributed by atoms with Gasteiger partial charge in [0.1, 0.15) is 0 Å². The number of aromatic nitrogens is 2. The van der Waals surface area contributed by atoms with Crippen molar-refractivity contribution in [1.29, 1.82) is 0 Å². The number of carbonyl (C=O) groups excluding carboxylic acids is 1. The van der Waals surface area contributed by atoms with Gasteiger partial charge in [0, 0.05) is 37.7 Å². The summed E-state index contributed by atoms with van der Waals surface area (Å²) in [6.45, 7) is 5.82. The summed E-state index contributed by atoms with van der Waals surface area (Å²) in [5, 5.41) is 0. The quantitative estimate of drug-likeness (QED) is 0.805. The molecule has 1 aromatic heterocycles. The number of rotatable bonds is 4. The number of fused-ring (bicyclic) bond motifs is 1. The topological polar surface area (TPSA) is 58.6 Å². The van der Waals surface area contributed by atoms with Crippen LogP contribution in [0.25, 0.3) is 11.0 Å². The van der Waals surface area contributed by atoms with Crippen LogP contribution < -0.4 is 9.64 Å². The van der Waals surface area contributed by atoms with Crippen LogP contribution in [0.1, 0.15) is 19.8 Å². The Balaban J connectivity index is 1.58. The van der Waals surface area contributed by atoms with Gasteiger partial charge in [-0.25, -0.2) is 9.97 Å². The third kappa shape index (κ3) is 3.98. The lowest BCUT2D eigenvalue weighted by molar-refractivity contribution is -0.135. The Morgan fingerprint density at radius 2 is 1.93 bits per heavy atom. The van der Waals surface area contributed by atoms with E-state index in [0.717, 1.165) is 60.8 Å². The lowest BCUT2D eigenvalue weighted by Crippen LogP contribution is -2.47. The van der Waals surface area contributed by atoms with Crippen molar-refractivity contribution in [2.75, 3.05) is 49.2 Å². The number of anilines is 1. The molecular weight excluding hydrogens is 360 g/mol. The Kier molecular flexibility index (Phi) is 5.66. The van der Waals surface area contributed by atoms with E-state index >= 15 is 0 Å². The number of thioether (sulfide) groups is 1. The molecule has 0 aliphatic carbocycles. The zero-order chi connectivity index (χ0) is 18.6. The molecule has 6 nitrogen and oxygen atoms in total. The summed E-state index contributed by atoms with van der Waals surface area (Å²) < 4.78 is 5.80. The van der Waals surface area contributed by atoms with Gasteiger partial charge in [-0.3, -0.25) is 4.79 Å². The largest absolute Gasteiger partial charge is 0.475 e. The normalized spacial score (nSPS) is 20.7. The van der Waals surface area contributed by atoms with Crippen molar-refractivity contribution in [3.05, 3.63) is 24.3 Å². The summed E-state index contributed by atoms with van der Waals surface area (Å²) in [4.78, 5) is 26.7. The van der Waals surface area contributed by atoms with Crippen molar-refractivity contribution >= 4 is 34.5 Å². The fraction of sp³-hybridized carbons (Fsp3) is 0.550. The molecule has 1 atom stereocenters. The molecule has 4 rings (SSSR count). The number of para-hydroxylation sites is 2. The Bertz CT molecular complexity index is 810. The van der Waals surface area contributed by atoms with E-state index in [1.807, 2.05) is 47.9 Å². The zero-order valence-corrected chi connectivity index (χ0v) is 16.6. The fourth-order valence-electron chi connectivity index (χ4n) is 3.83. The third-order valence-electron chi connectivity index (χ3n) is 5.20. The summed E-state index contributed by atoms with van der Waals surface area (Å²) in [6, 6.07) is 7.85. The highest BCUT2D eigenvalue weighted by atomic mass is 32.2. The van der Waals surface area contributed by atoms with E-state index in [1.165, 1.54) is 0 Å². The molecular formula is C20H26N4O2S. The molecule has 0 radical (unpaired) electrons. The highest BCUT2D eigenvalue weighted by molar-refractivity contribution is 7.99. The van der Waals surface area contributed by atoms with Gasteiger partial charge >= 0.3 is 0 Å². The third-order valence-corrected chi connectivity index (χ3v) is 6.14. The van der Waals surface area contributed by atoms with E-state index in [9.17, 15) is 4.79 Å². The molecule has 3 heterocycles. The Morgan fingerprint density at radius 1 is 1.19 bits per heavy atom. The van der Waals surface area contributed by atoms with Crippen LogP contribution in [0.2, 0.25) is 0 Å². The number of hydrogen-bond acceptors (Lipinski definition) is 6. The molecule has 144 valence electrons. The van der Waals surface area contributed by atoms with E-state index in [2.05, 4.69) is 9.88 Å². The molecule has 2 saturated heterocycles. The number of hydrogen-bond donors (Lipinski definition) is 0. The smallest absolute Gasteiger partial charge is 0.258 e. The average Bonchev–Trinajstić information content (AvgIpc) is 2.73. The zero-order valence-electron chi connectivity index (χ0n) is 15.8. The number of benzene rings is 1. The molecule has 2 aliphatic rings. The summed E-state index contributed by atoms with van der Waals surface area (Å²) in [7, 11) is 0. The molecule has 2 aromatic rings. The first-order valence-electron chi connectivity index (χ1n) is 9.77. The maximum absolute atomic E-state index is 13.0. The van der Waals surface area contributed by atoms with Crippen LogP contribution >= 0.6 is 11.8 Å². The molecule has 0 saturated carbocycles. The standard InChI is InChI=1S/C20H26N4O2S/c1-2-26-19-18(21-16-7-3-4-8-17(16)22-19)24-9-5-6-15(14-24)20(25)23-10-12-27-13-11-23/h3-4,7-8,15H,2,5-6,9-14H2,1H3/t15-/m0/s1. The monoisotopic (exact) mass is 386 g/mol. The molecule has 0 spiro atoms. The molecule has 0 unspecified atom stereocenters. The predicted octanol–water partition coefficient (Wildman–Crippen LogP) is 2.82. The Hall–Kier alpha value is -2.02. The Morgan fingerprint density at radius 3 is 2.67 bits per heavy atom. The second kappa shape index (κ2) is 8.33. The molecule has 1 aromatic carbocycles. The van der Waals surface area contributed by atoms with Gasteiger partial charge in [-0.05, 0) is 31.9 Å². The first-order chi connectivity index (χ1) is 13.3. The van der Waals surface area contributed by atoms with Crippen LogP contribution in [-0.4, -0.2) is 65.1 Å². The van der Waals surface area contributed by atoms with Crippen LogP contribution in [0.15, 0.2) is 24.3 Å². The van der Waals surface area contributed by atoms with Crippen molar-refractivity contribution in [2.45, 2.75) is 19.8 Å². The summed E-state index contributed by atoms with van der Waals surface area (Å²) in [5.41, 5.74) is 1.69. The van der Waals surface area contributed by atoms with Crippen LogP contribution in [0.4, 0.5) is 5.82 Å². The molecule has 0 N–H and O–H groups in total. The van der Waals surface area contributed by atoms with Gasteiger partial charge < -0.3 is 14.5 Å². The van der Waals surface area contributed by atoms with E-state index in [4.69, 9.17) is 9.72 Å². The van der Waals surface area contributed by atoms with Gasteiger partial charge in [-0.1, -0.05) is 12.1 Å². The molecule has 0 bridgehead atoms. The van der Waals surface area contributed by atoms with Crippen LogP contribution in [0.5, 0.6) is 5.88 Å². The first kappa shape index (κ1) is 18.3. The second-order valence-electron chi connectivity index (χ2n) is 7.00. The summed E-state index contributed by atoms with van der Waals surface area (Å²) in [5.74, 6) is 3.76. The maximum Gasteiger partial charge on any atom is 0.258 e. The van der Waals surface area contributed by atoms with Crippen LogP contribution in [0, 0.1) is 5.92 Å². The second-order valence-corrected chi connectivity index (χ2v) is 8.22. The number of ether oxygens (including phenoxy) is 1. The lowest BCUT2D eigenvalue weighted by atomic mass is 9.96. The SMILES string of the molecule is CCOc1nc2ccccc2nc1N1CCC[C@H](C(=O)N2CCSCC2)C1. The number of piperidine rings is 1. The lowest BCUT2D eigenvalue weighted by Gasteiger charge is -2.36. The van der Waals surface area contributed by atoms with Crippen LogP contribution in [-0.2, 0) is 4.79 Å². The van der Waals surface area contributed by atoms with Gasteiger partial charge in [0.15, 0.2) is 5.82 Å². The minimum atomic E-state index is 0.0320. The highest BCUT2D eigenvalue weighted by Crippen LogP contribution is 2.31. The molecule has 7 heteroatoms. The molecule has 27 heavy (non-hydrogen) atoms. The molecule has 2 fully saturated rings. The highest BCUT2D eigenvalue weighted by Gasteiger charge is 2.32. The van der Waals surface area contributed by atoms with Crippen molar-refractivity contribution in [2.24, 2.45) is 5.92 Å². The summed E-state index contributed by atoms with van der Waals surface area (Å²) in [6.07, 6.45) is 1.93. The maximum atomic E-state index is 13.0. The van der Waals surface area contributed by atoms with Gasteiger partial charge in [-0.2, -0.15) is 11.8 Å². The van der Waals surface area contributed by atoms with Gasteiger partial charge in [0.05, 0.1) is 23.6 Å². The summed E-state index contributed by atoms with van der Waals surface area (Å²) >= 11 is 1.93. The number of nitrogens with zero attached hydrogens (tertiary/aromatic N) is 4. The molecule has 2 aliphatic heterocycles. The average molecular weight is 387 g/mol. The van der Waals surface area contributed by atoms with E-state index in [0.29, 0.717) is 24.9 Å². The van der Waals surface area contributed by atoms with Gasteiger partial charge in [0.25, 0.3) is 5.88 Å². The van der Waals surface area contributed by atoms with E-state index in [-0.39, 0.29) is 5.92 Å². The van der Waals surface area contributed by atoms with Crippen molar-refractivity contribution in [1.82, 2.24) is 14.9 Å². The molecule has 1 amide bonds. The van der Waals surface area contributed by atoms with Crippen molar-refractivity contribution in [3.8, 4) is 5.88 Å². The number of amides is 1. The van der Waals surface area contributed by atoms with Crippen molar-refractivity contribution < 1.29 is 9.53 Å². The van der Waals surface area contributed by atoms with Gasteiger partial charge in [-0.15, -0.1) is 0 Å². The van der Waals surface area contributed by atoms with Crippen molar-refractivity contribution in [3.63, 3.8) is 0 Å². The van der Waals surface area contributed by atoms with E-state index in [1.54, 1.807) is 0 Å². The van der Waals surface area contributed by atoms with E-state index < -0.39 is 0 Å². The fourth-order valence-corrected chi connectivity index (χ4v) is 4.73. The minimum Gasteiger partial charge on any atom is -0.475 e. The van der Waals surface area contributed by atoms with Crippen LogP contribution in [0.3, 0.4) is 0 Å². The minimum absolute atomic E-state index is 0.0320. The first-order valence-corrected chi connectivity index (χ1v) is 10.9. The predicted molar refractivity (Wildman–Crippen MR) is 110 cm³/mol. The van der Waals surface area contributed by atoms with Gasteiger partial charge in [0.2, 0.25) is 5.91 Å². The number of carbonyl (C=O) groups is 1.